The standard InChI is InChI=1S/C18H23N3O2S/c1-12(2)23-16-8-4-7-15(20-16)18(22)21-9-5-6-14(10-21)17-19-13(3)11-24-17/h4,7-8,11-12,14H,5-6,9-10H2,1-3H3/t14-/m0/s1. The van der Waals surface area contributed by atoms with Gasteiger partial charge in [-0.2, -0.15) is 0 Å². The number of aromatic nitrogens is 2. The van der Waals surface area contributed by atoms with Gasteiger partial charge in [-0.05, 0) is 39.7 Å². The van der Waals surface area contributed by atoms with Crippen molar-refractivity contribution in [3.05, 3.63) is 40.0 Å². The Bertz CT molecular complexity index is 714. The van der Waals surface area contributed by atoms with Crippen LogP contribution in [0.3, 0.4) is 0 Å². The molecule has 24 heavy (non-hydrogen) atoms. The summed E-state index contributed by atoms with van der Waals surface area (Å²) in [6.45, 7) is 7.39. The van der Waals surface area contributed by atoms with Crippen molar-refractivity contribution < 1.29 is 9.53 Å². The predicted molar refractivity (Wildman–Crippen MR) is 94.7 cm³/mol. The summed E-state index contributed by atoms with van der Waals surface area (Å²) in [7, 11) is 0. The molecule has 1 saturated heterocycles. The van der Waals surface area contributed by atoms with Crippen LogP contribution in [0.1, 0.15) is 53.8 Å². The van der Waals surface area contributed by atoms with Crippen LogP contribution in [-0.2, 0) is 0 Å². The van der Waals surface area contributed by atoms with E-state index in [4.69, 9.17) is 4.74 Å². The molecule has 6 heteroatoms. The quantitative estimate of drug-likeness (QED) is 0.849. The summed E-state index contributed by atoms with van der Waals surface area (Å²) in [5.41, 5.74) is 1.50. The number of aryl methyl sites for hydroxylation is 1. The van der Waals surface area contributed by atoms with Crippen molar-refractivity contribution in [3.63, 3.8) is 0 Å². The molecule has 5 nitrogen and oxygen atoms in total. The first kappa shape index (κ1) is 16.9. The van der Waals surface area contributed by atoms with Gasteiger partial charge >= 0.3 is 0 Å². The molecule has 0 saturated carbocycles. The van der Waals surface area contributed by atoms with E-state index < -0.39 is 0 Å². The SMILES string of the molecule is Cc1csc([C@H]2CCCN(C(=O)c3cccc(OC(C)C)n3)C2)n1. The normalized spacial score (nSPS) is 18.0. The van der Waals surface area contributed by atoms with Gasteiger partial charge in [0, 0.05) is 36.1 Å². The highest BCUT2D eigenvalue weighted by Crippen LogP contribution is 2.29. The Hall–Kier alpha value is -1.95. The minimum atomic E-state index is -0.0258. The third kappa shape index (κ3) is 3.93. The van der Waals surface area contributed by atoms with Crippen LogP contribution in [0.25, 0.3) is 0 Å². The van der Waals surface area contributed by atoms with Crippen LogP contribution in [0.2, 0.25) is 0 Å². The Labute approximate surface area is 146 Å². The first-order chi connectivity index (χ1) is 11.5. The molecule has 1 amide bonds. The fourth-order valence-corrected chi connectivity index (χ4v) is 3.85. The third-order valence-electron chi connectivity index (χ3n) is 3.99. The Morgan fingerprint density at radius 3 is 2.92 bits per heavy atom. The minimum absolute atomic E-state index is 0.0258. The van der Waals surface area contributed by atoms with Crippen LogP contribution in [0.4, 0.5) is 0 Å². The summed E-state index contributed by atoms with van der Waals surface area (Å²) >= 11 is 1.69. The highest BCUT2D eigenvalue weighted by Gasteiger charge is 2.27. The number of hydrogen-bond acceptors (Lipinski definition) is 5. The largest absolute Gasteiger partial charge is 0.475 e. The second kappa shape index (κ2) is 7.30. The number of ether oxygens (including phenoxy) is 1. The number of pyridine rings is 1. The lowest BCUT2D eigenvalue weighted by Gasteiger charge is -2.31. The summed E-state index contributed by atoms with van der Waals surface area (Å²) in [6.07, 6.45) is 2.12. The molecule has 2 aromatic rings. The number of likely N-dealkylation sites (tertiary alicyclic amines) is 1. The summed E-state index contributed by atoms with van der Waals surface area (Å²) in [4.78, 5) is 23.7. The van der Waals surface area contributed by atoms with Crippen LogP contribution in [-0.4, -0.2) is 40.0 Å². The Kier molecular flexibility index (Phi) is 5.14. The Morgan fingerprint density at radius 1 is 1.38 bits per heavy atom. The van der Waals surface area contributed by atoms with E-state index in [-0.39, 0.29) is 12.0 Å². The van der Waals surface area contributed by atoms with Gasteiger partial charge < -0.3 is 9.64 Å². The first-order valence-corrected chi connectivity index (χ1v) is 9.26. The zero-order chi connectivity index (χ0) is 17.1. The van der Waals surface area contributed by atoms with Crippen LogP contribution in [0.5, 0.6) is 5.88 Å². The number of carbonyl (C=O) groups is 1. The highest BCUT2D eigenvalue weighted by atomic mass is 32.1. The van der Waals surface area contributed by atoms with Gasteiger partial charge in [-0.25, -0.2) is 9.97 Å². The number of piperidine rings is 1. The second-order valence-electron chi connectivity index (χ2n) is 6.45. The van der Waals surface area contributed by atoms with Crippen molar-refractivity contribution in [2.75, 3.05) is 13.1 Å². The molecular weight excluding hydrogens is 322 g/mol. The van der Waals surface area contributed by atoms with E-state index in [0.29, 0.717) is 24.0 Å². The predicted octanol–water partition coefficient (Wildman–Crippen LogP) is 3.65. The summed E-state index contributed by atoms with van der Waals surface area (Å²) < 4.78 is 5.60. The molecule has 2 aromatic heterocycles. The monoisotopic (exact) mass is 345 g/mol. The number of amides is 1. The van der Waals surface area contributed by atoms with Crippen molar-refractivity contribution in [1.82, 2.24) is 14.9 Å². The molecule has 3 heterocycles. The molecule has 0 spiro atoms. The zero-order valence-electron chi connectivity index (χ0n) is 14.4. The van der Waals surface area contributed by atoms with Gasteiger partial charge in [-0.3, -0.25) is 4.79 Å². The van der Waals surface area contributed by atoms with Crippen molar-refractivity contribution in [3.8, 4) is 5.88 Å². The maximum Gasteiger partial charge on any atom is 0.272 e. The molecule has 3 rings (SSSR count). The molecule has 1 atom stereocenters. The molecule has 0 unspecified atom stereocenters. The minimum Gasteiger partial charge on any atom is -0.475 e. The Morgan fingerprint density at radius 2 is 2.21 bits per heavy atom. The highest BCUT2D eigenvalue weighted by molar-refractivity contribution is 7.09. The van der Waals surface area contributed by atoms with E-state index in [1.54, 1.807) is 23.5 Å². The molecule has 0 aliphatic carbocycles. The lowest BCUT2D eigenvalue weighted by Crippen LogP contribution is -2.39. The molecule has 0 N–H and O–H groups in total. The topological polar surface area (TPSA) is 55.3 Å². The van der Waals surface area contributed by atoms with Gasteiger partial charge in [0.25, 0.3) is 5.91 Å². The van der Waals surface area contributed by atoms with Gasteiger partial charge in [-0.15, -0.1) is 11.3 Å². The summed E-state index contributed by atoms with van der Waals surface area (Å²) in [5, 5.41) is 3.21. The van der Waals surface area contributed by atoms with E-state index >= 15 is 0 Å². The van der Waals surface area contributed by atoms with Crippen LogP contribution < -0.4 is 4.74 Å². The lowest BCUT2D eigenvalue weighted by molar-refractivity contribution is 0.0699. The number of hydrogen-bond donors (Lipinski definition) is 0. The maximum absolute atomic E-state index is 12.8. The van der Waals surface area contributed by atoms with Gasteiger partial charge in [0.2, 0.25) is 5.88 Å². The van der Waals surface area contributed by atoms with Crippen molar-refractivity contribution in [1.29, 1.82) is 0 Å². The maximum atomic E-state index is 12.8. The first-order valence-electron chi connectivity index (χ1n) is 8.38. The molecule has 1 fully saturated rings. The van der Waals surface area contributed by atoms with E-state index in [9.17, 15) is 4.79 Å². The van der Waals surface area contributed by atoms with Crippen LogP contribution in [0.15, 0.2) is 23.6 Å². The van der Waals surface area contributed by atoms with Crippen molar-refractivity contribution in [2.45, 2.75) is 45.6 Å². The number of rotatable bonds is 4. The van der Waals surface area contributed by atoms with Gasteiger partial charge in [0.05, 0.1) is 11.1 Å². The van der Waals surface area contributed by atoms with E-state index in [1.165, 1.54) is 0 Å². The second-order valence-corrected chi connectivity index (χ2v) is 7.33. The van der Waals surface area contributed by atoms with Gasteiger partial charge in [0.1, 0.15) is 5.69 Å². The molecule has 0 bridgehead atoms. The lowest BCUT2D eigenvalue weighted by atomic mass is 9.98. The van der Waals surface area contributed by atoms with E-state index in [1.807, 2.05) is 31.7 Å². The van der Waals surface area contributed by atoms with E-state index in [0.717, 1.165) is 30.1 Å². The van der Waals surface area contributed by atoms with Crippen LogP contribution >= 0.6 is 11.3 Å². The summed E-state index contributed by atoms with van der Waals surface area (Å²) in [6, 6.07) is 5.37. The number of nitrogens with zero attached hydrogens (tertiary/aromatic N) is 3. The van der Waals surface area contributed by atoms with Crippen LogP contribution in [0, 0.1) is 6.92 Å². The Balaban J connectivity index is 1.72. The number of carbonyl (C=O) groups excluding carboxylic acids is 1. The number of thiazole rings is 1. The van der Waals surface area contributed by atoms with E-state index in [2.05, 4.69) is 15.3 Å². The van der Waals surface area contributed by atoms with Gasteiger partial charge in [0.15, 0.2) is 0 Å². The van der Waals surface area contributed by atoms with Crippen molar-refractivity contribution in [2.24, 2.45) is 0 Å². The summed E-state index contributed by atoms with van der Waals surface area (Å²) in [5.74, 6) is 0.804. The molecule has 128 valence electrons. The van der Waals surface area contributed by atoms with Gasteiger partial charge in [-0.1, -0.05) is 6.07 Å². The molecule has 1 aliphatic heterocycles. The molecule has 1 aliphatic rings. The molecule has 0 aromatic carbocycles. The van der Waals surface area contributed by atoms with Crippen molar-refractivity contribution >= 4 is 17.2 Å². The zero-order valence-corrected chi connectivity index (χ0v) is 15.2. The molecular formula is C18H23N3O2S. The molecule has 0 radical (unpaired) electrons. The third-order valence-corrected chi connectivity index (χ3v) is 5.12. The fourth-order valence-electron chi connectivity index (χ4n) is 2.93. The average Bonchev–Trinajstić information content (AvgIpc) is 3.00. The average molecular weight is 345 g/mol. The smallest absolute Gasteiger partial charge is 0.272 e. The fraction of sp³-hybridized carbons (Fsp3) is 0.500.